The van der Waals surface area contributed by atoms with E-state index in [1.807, 2.05) is 0 Å². The van der Waals surface area contributed by atoms with Crippen molar-refractivity contribution in [3.05, 3.63) is 12.2 Å². The van der Waals surface area contributed by atoms with Gasteiger partial charge in [0, 0.05) is 5.57 Å². The first-order chi connectivity index (χ1) is 9.18. The Kier molecular flexibility index (Phi) is 13.7. The van der Waals surface area contributed by atoms with Crippen LogP contribution < -0.4 is 0 Å². The monoisotopic (exact) mass is 286 g/mol. The summed E-state index contributed by atoms with van der Waals surface area (Å²) < 4.78 is 0. The highest BCUT2D eigenvalue weighted by Crippen LogP contribution is 2.13. The molecule has 0 saturated carbocycles. The fourth-order valence-corrected chi connectivity index (χ4v) is 2.37. The van der Waals surface area contributed by atoms with Gasteiger partial charge in [0.1, 0.15) is 0 Å². The molecule has 2 nitrogen and oxygen atoms in total. The Bertz CT molecular complexity index is 239. The number of carbonyl (C=O) groups is 1. The maximum Gasteiger partial charge on any atom is 0.330 e. The number of thiol groups is 1. The topological polar surface area (TPSA) is 37.3 Å². The first-order valence-electron chi connectivity index (χ1n) is 7.70. The summed E-state index contributed by atoms with van der Waals surface area (Å²) in [6.07, 6.45) is 14.6. The molecule has 0 aromatic heterocycles. The van der Waals surface area contributed by atoms with Gasteiger partial charge in [-0.15, -0.1) is 0 Å². The number of unbranched alkanes of at least 4 members (excludes halogenated alkanes) is 10. The fourth-order valence-electron chi connectivity index (χ4n) is 2.15. The summed E-state index contributed by atoms with van der Waals surface area (Å²) >= 11 is 4.21. The van der Waals surface area contributed by atoms with Crippen molar-refractivity contribution in [2.45, 2.75) is 77.0 Å². The molecule has 0 spiro atoms. The number of rotatable bonds is 14. The minimum absolute atomic E-state index is 0.348. The molecule has 0 saturated heterocycles. The van der Waals surface area contributed by atoms with E-state index in [0.717, 1.165) is 18.6 Å². The maximum atomic E-state index is 10.5. The molecule has 0 fully saturated rings. The lowest BCUT2D eigenvalue weighted by Gasteiger charge is -2.03. The molecule has 0 heterocycles. The van der Waals surface area contributed by atoms with Gasteiger partial charge in [0.05, 0.1) is 0 Å². The van der Waals surface area contributed by atoms with Crippen LogP contribution in [0.2, 0.25) is 0 Å². The van der Waals surface area contributed by atoms with Crippen LogP contribution in [0.15, 0.2) is 12.2 Å². The Morgan fingerprint density at radius 1 is 0.789 bits per heavy atom. The number of hydrogen-bond donors (Lipinski definition) is 2. The Morgan fingerprint density at radius 3 is 1.53 bits per heavy atom. The molecule has 0 amide bonds. The van der Waals surface area contributed by atoms with Crippen molar-refractivity contribution in [2.75, 3.05) is 5.75 Å². The van der Waals surface area contributed by atoms with Crippen LogP contribution in [-0.4, -0.2) is 16.8 Å². The summed E-state index contributed by atoms with van der Waals surface area (Å²) in [7, 11) is 0. The van der Waals surface area contributed by atoms with Crippen LogP contribution in [0.25, 0.3) is 0 Å². The van der Waals surface area contributed by atoms with Crippen LogP contribution in [0, 0.1) is 0 Å². The molecule has 0 bridgehead atoms. The van der Waals surface area contributed by atoms with Crippen molar-refractivity contribution in [2.24, 2.45) is 0 Å². The van der Waals surface area contributed by atoms with Gasteiger partial charge < -0.3 is 5.11 Å². The zero-order valence-electron chi connectivity index (χ0n) is 12.2. The van der Waals surface area contributed by atoms with Crippen LogP contribution in [0.4, 0.5) is 0 Å². The quantitative estimate of drug-likeness (QED) is 0.260. The molecule has 0 radical (unpaired) electrons. The van der Waals surface area contributed by atoms with E-state index in [0.29, 0.717) is 12.0 Å². The Morgan fingerprint density at radius 2 is 1.16 bits per heavy atom. The average molecular weight is 286 g/mol. The van der Waals surface area contributed by atoms with Gasteiger partial charge in [0.2, 0.25) is 0 Å². The van der Waals surface area contributed by atoms with Gasteiger partial charge in [0.25, 0.3) is 0 Å². The second kappa shape index (κ2) is 14.0. The Labute approximate surface area is 124 Å². The van der Waals surface area contributed by atoms with Crippen molar-refractivity contribution < 1.29 is 9.90 Å². The van der Waals surface area contributed by atoms with E-state index in [9.17, 15) is 4.79 Å². The highest BCUT2D eigenvalue weighted by molar-refractivity contribution is 7.80. The van der Waals surface area contributed by atoms with Gasteiger partial charge in [-0.2, -0.15) is 12.6 Å². The summed E-state index contributed by atoms with van der Waals surface area (Å²) in [6, 6.07) is 0. The lowest BCUT2D eigenvalue weighted by atomic mass is 10.0. The van der Waals surface area contributed by atoms with Gasteiger partial charge in [-0.25, -0.2) is 4.79 Å². The van der Waals surface area contributed by atoms with Crippen molar-refractivity contribution >= 4 is 18.6 Å². The van der Waals surface area contributed by atoms with Gasteiger partial charge in [-0.05, 0) is 25.0 Å². The van der Waals surface area contributed by atoms with E-state index in [1.165, 1.54) is 57.8 Å². The second-order valence-corrected chi connectivity index (χ2v) is 5.72. The standard InChI is InChI=1S/C16H30O2S/c1-15(16(17)18)13-11-9-7-5-3-2-4-6-8-10-12-14-19/h19H,1-14H2,(H,17,18). The molecular weight excluding hydrogens is 256 g/mol. The van der Waals surface area contributed by atoms with E-state index in [1.54, 1.807) is 0 Å². The minimum atomic E-state index is -0.849. The zero-order chi connectivity index (χ0) is 14.3. The summed E-state index contributed by atoms with van der Waals surface area (Å²) in [6.45, 7) is 3.54. The zero-order valence-corrected chi connectivity index (χ0v) is 13.1. The molecule has 0 aromatic carbocycles. The summed E-state index contributed by atoms with van der Waals surface area (Å²) in [4.78, 5) is 10.5. The molecule has 0 aliphatic carbocycles. The summed E-state index contributed by atoms with van der Waals surface area (Å²) in [5.74, 6) is 0.173. The fraction of sp³-hybridized carbons (Fsp3) is 0.812. The first kappa shape index (κ1) is 18.6. The molecule has 0 aliphatic rings. The lowest BCUT2D eigenvalue weighted by Crippen LogP contribution is -1.98. The van der Waals surface area contributed by atoms with Crippen LogP contribution in [-0.2, 0) is 4.79 Å². The van der Waals surface area contributed by atoms with Crippen LogP contribution >= 0.6 is 12.6 Å². The second-order valence-electron chi connectivity index (χ2n) is 5.27. The van der Waals surface area contributed by atoms with Gasteiger partial charge in [0.15, 0.2) is 0 Å². The first-order valence-corrected chi connectivity index (χ1v) is 8.33. The number of aliphatic carboxylic acids is 1. The Hall–Kier alpha value is -0.440. The molecule has 1 N–H and O–H groups in total. The smallest absolute Gasteiger partial charge is 0.330 e. The van der Waals surface area contributed by atoms with Gasteiger partial charge in [-0.3, -0.25) is 0 Å². The van der Waals surface area contributed by atoms with Crippen LogP contribution in [0.3, 0.4) is 0 Å². The van der Waals surface area contributed by atoms with E-state index in [-0.39, 0.29) is 0 Å². The van der Waals surface area contributed by atoms with Gasteiger partial charge >= 0.3 is 5.97 Å². The minimum Gasteiger partial charge on any atom is -0.478 e. The highest BCUT2D eigenvalue weighted by Gasteiger charge is 2.02. The Balaban J connectivity index is 3.07. The molecule has 3 heteroatoms. The highest BCUT2D eigenvalue weighted by atomic mass is 32.1. The van der Waals surface area contributed by atoms with Crippen molar-refractivity contribution in [1.29, 1.82) is 0 Å². The van der Waals surface area contributed by atoms with Crippen LogP contribution in [0.5, 0.6) is 0 Å². The molecule has 0 atom stereocenters. The maximum absolute atomic E-state index is 10.5. The van der Waals surface area contributed by atoms with Crippen LogP contribution in [0.1, 0.15) is 77.0 Å². The molecule has 0 aromatic rings. The van der Waals surface area contributed by atoms with E-state index in [2.05, 4.69) is 19.2 Å². The number of hydrogen-bond acceptors (Lipinski definition) is 2. The third kappa shape index (κ3) is 13.8. The van der Waals surface area contributed by atoms with Crippen molar-refractivity contribution in [1.82, 2.24) is 0 Å². The number of carboxylic acid groups (broad SMARTS) is 1. The van der Waals surface area contributed by atoms with Crippen molar-refractivity contribution in [3.8, 4) is 0 Å². The number of carboxylic acids is 1. The van der Waals surface area contributed by atoms with E-state index < -0.39 is 5.97 Å². The molecule has 0 aliphatic heterocycles. The van der Waals surface area contributed by atoms with E-state index in [4.69, 9.17) is 5.11 Å². The third-order valence-corrected chi connectivity index (χ3v) is 3.76. The van der Waals surface area contributed by atoms with Gasteiger partial charge in [-0.1, -0.05) is 64.4 Å². The molecule has 112 valence electrons. The molecule has 0 rings (SSSR count). The summed E-state index contributed by atoms with van der Waals surface area (Å²) in [5.41, 5.74) is 0.348. The molecule has 19 heavy (non-hydrogen) atoms. The third-order valence-electron chi connectivity index (χ3n) is 3.44. The molecule has 0 unspecified atom stereocenters. The largest absolute Gasteiger partial charge is 0.478 e. The molecular formula is C16H30O2S. The predicted molar refractivity (Wildman–Crippen MR) is 86.0 cm³/mol. The van der Waals surface area contributed by atoms with E-state index >= 15 is 0 Å². The SMILES string of the molecule is C=C(CCCCCCCCCCCCCS)C(=O)O. The van der Waals surface area contributed by atoms with Crippen molar-refractivity contribution in [3.63, 3.8) is 0 Å². The predicted octanol–water partition coefficient (Wildman–Crippen LogP) is 5.24. The average Bonchev–Trinajstić information content (AvgIpc) is 2.39. The lowest BCUT2D eigenvalue weighted by molar-refractivity contribution is -0.132. The summed E-state index contributed by atoms with van der Waals surface area (Å²) in [5, 5.41) is 8.66. The normalized spacial score (nSPS) is 10.6.